The Kier molecular flexibility index (Phi) is 3.81. The molecule has 2 heterocycles. The van der Waals surface area contributed by atoms with E-state index >= 15 is 0 Å². The number of benzene rings is 1. The van der Waals surface area contributed by atoms with Gasteiger partial charge in [-0.15, -0.1) is 0 Å². The van der Waals surface area contributed by atoms with E-state index in [1.54, 1.807) is 0 Å². The summed E-state index contributed by atoms with van der Waals surface area (Å²) >= 11 is 0. The second-order valence-electron chi connectivity index (χ2n) is 6.06. The first-order valence-corrected chi connectivity index (χ1v) is 7.55. The van der Waals surface area contributed by atoms with Gasteiger partial charge in [0.25, 0.3) is 0 Å². The van der Waals surface area contributed by atoms with Gasteiger partial charge in [-0.05, 0) is 38.5 Å². The molecule has 1 aliphatic rings. The van der Waals surface area contributed by atoms with Gasteiger partial charge in [0.1, 0.15) is 0 Å². The van der Waals surface area contributed by atoms with Crippen LogP contribution >= 0.6 is 0 Å². The molecule has 0 spiro atoms. The van der Waals surface area contributed by atoms with Gasteiger partial charge in [-0.3, -0.25) is 4.90 Å². The number of ether oxygens (including phenoxy) is 1. The Morgan fingerprint density at radius 1 is 1.30 bits per heavy atom. The lowest BCUT2D eigenvalue weighted by Crippen LogP contribution is -2.47. The van der Waals surface area contributed by atoms with Crippen LogP contribution in [0.4, 0.5) is 0 Å². The summed E-state index contributed by atoms with van der Waals surface area (Å²) < 4.78 is 8.28. The van der Waals surface area contributed by atoms with Crippen LogP contribution in [0.5, 0.6) is 0 Å². The van der Waals surface area contributed by atoms with Gasteiger partial charge in [-0.25, -0.2) is 0 Å². The number of aromatic nitrogens is 1. The number of fused-ring (bicyclic) bond motifs is 1. The van der Waals surface area contributed by atoms with E-state index in [1.165, 1.54) is 16.5 Å². The summed E-state index contributed by atoms with van der Waals surface area (Å²) in [6.45, 7) is 10.6. The normalized spacial score (nSPS) is 20.9. The minimum absolute atomic E-state index is 0.294. The Balaban J connectivity index is 1.78. The van der Waals surface area contributed by atoms with E-state index in [2.05, 4.69) is 60.7 Å². The molecule has 0 saturated carbocycles. The summed E-state index contributed by atoms with van der Waals surface area (Å²) in [6.07, 6.45) is 2.48. The van der Waals surface area contributed by atoms with E-state index in [4.69, 9.17) is 4.74 Å². The standard InChI is InChI=1S/C17H24N2O/c1-13(2)18-9-10-20-15(11-18)12-19-8-7-16-14(3)5-4-6-17(16)19/h4-8,13,15H,9-12H2,1-3H3. The van der Waals surface area contributed by atoms with Crippen LogP contribution in [0.1, 0.15) is 19.4 Å². The molecule has 0 N–H and O–H groups in total. The number of rotatable bonds is 3. The SMILES string of the molecule is Cc1cccc2c1ccn2CC1CN(C(C)C)CCO1. The van der Waals surface area contributed by atoms with E-state index in [0.717, 1.165) is 26.2 Å². The van der Waals surface area contributed by atoms with Crippen molar-refractivity contribution in [1.29, 1.82) is 0 Å². The fourth-order valence-corrected chi connectivity index (χ4v) is 3.08. The topological polar surface area (TPSA) is 17.4 Å². The third-order valence-electron chi connectivity index (χ3n) is 4.33. The lowest BCUT2D eigenvalue weighted by molar-refractivity contribution is -0.0451. The molecular weight excluding hydrogens is 248 g/mol. The lowest BCUT2D eigenvalue weighted by Gasteiger charge is -2.35. The Hall–Kier alpha value is -1.32. The van der Waals surface area contributed by atoms with Crippen molar-refractivity contribution in [2.24, 2.45) is 0 Å². The molecule has 1 saturated heterocycles. The first kappa shape index (κ1) is 13.7. The van der Waals surface area contributed by atoms with E-state index in [1.807, 2.05) is 0 Å². The quantitative estimate of drug-likeness (QED) is 0.854. The minimum atomic E-state index is 0.294. The highest BCUT2D eigenvalue weighted by atomic mass is 16.5. The van der Waals surface area contributed by atoms with Gasteiger partial charge in [0.15, 0.2) is 0 Å². The highest BCUT2D eigenvalue weighted by Crippen LogP contribution is 2.21. The second kappa shape index (κ2) is 5.58. The second-order valence-corrected chi connectivity index (χ2v) is 6.06. The average molecular weight is 272 g/mol. The van der Waals surface area contributed by atoms with Gasteiger partial charge in [-0.2, -0.15) is 0 Å². The molecule has 108 valence electrons. The van der Waals surface area contributed by atoms with Crippen LogP contribution < -0.4 is 0 Å². The fourth-order valence-electron chi connectivity index (χ4n) is 3.08. The first-order chi connectivity index (χ1) is 9.65. The number of aryl methyl sites for hydroxylation is 1. The number of nitrogens with zero attached hydrogens (tertiary/aromatic N) is 2. The molecule has 1 aromatic heterocycles. The predicted molar refractivity (Wildman–Crippen MR) is 83.1 cm³/mol. The molecule has 2 aromatic rings. The number of hydrogen-bond donors (Lipinski definition) is 0. The van der Waals surface area contributed by atoms with Gasteiger partial charge < -0.3 is 9.30 Å². The summed E-state index contributed by atoms with van der Waals surface area (Å²) in [4.78, 5) is 2.51. The van der Waals surface area contributed by atoms with Crippen LogP contribution in [-0.4, -0.2) is 41.3 Å². The maximum atomic E-state index is 5.95. The predicted octanol–water partition coefficient (Wildman–Crippen LogP) is 3.06. The van der Waals surface area contributed by atoms with Gasteiger partial charge in [0, 0.05) is 36.2 Å². The fraction of sp³-hybridized carbons (Fsp3) is 0.529. The van der Waals surface area contributed by atoms with Crippen molar-refractivity contribution >= 4 is 10.9 Å². The van der Waals surface area contributed by atoms with Crippen molar-refractivity contribution in [3.8, 4) is 0 Å². The van der Waals surface area contributed by atoms with Crippen molar-refractivity contribution in [1.82, 2.24) is 9.47 Å². The van der Waals surface area contributed by atoms with Crippen LogP contribution in [0.25, 0.3) is 10.9 Å². The zero-order valence-corrected chi connectivity index (χ0v) is 12.7. The van der Waals surface area contributed by atoms with Crippen molar-refractivity contribution in [2.75, 3.05) is 19.7 Å². The first-order valence-electron chi connectivity index (χ1n) is 7.55. The molecule has 1 aromatic carbocycles. The maximum Gasteiger partial charge on any atom is 0.0881 e. The molecular formula is C17H24N2O. The molecule has 1 aliphatic heterocycles. The molecule has 20 heavy (non-hydrogen) atoms. The Morgan fingerprint density at radius 3 is 2.95 bits per heavy atom. The minimum Gasteiger partial charge on any atom is -0.374 e. The Labute approximate surface area is 121 Å². The average Bonchev–Trinajstić information content (AvgIpc) is 2.84. The van der Waals surface area contributed by atoms with E-state index in [0.29, 0.717) is 12.1 Å². The van der Waals surface area contributed by atoms with Crippen molar-refractivity contribution < 1.29 is 4.74 Å². The zero-order chi connectivity index (χ0) is 14.1. The van der Waals surface area contributed by atoms with Crippen molar-refractivity contribution in [2.45, 2.75) is 39.5 Å². The molecule has 3 nitrogen and oxygen atoms in total. The molecule has 1 unspecified atom stereocenters. The molecule has 0 bridgehead atoms. The molecule has 0 radical (unpaired) electrons. The smallest absolute Gasteiger partial charge is 0.0881 e. The van der Waals surface area contributed by atoms with Gasteiger partial charge >= 0.3 is 0 Å². The van der Waals surface area contributed by atoms with E-state index in [-0.39, 0.29) is 0 Å². The summed E-state index contributed by atoms with van der Waals surface area (Å²) in [5, 5.41) is 1.35. The monoisotopic (exact) mass is 272 g/mol. The van der Waals surface area contributed by atoms with Crippen LogP contribution in [-0.2, 0) is 11.3 Å². The highest BCUT2D eigenvalue weighted by Gasteiger charge is 2.22. The highest BCUT2D eigenvalue weighted by molar-refractivity contribution is 5.83. The van der Waals surface area contributed by atoms with Crippen molar-refractivity contribution in [3.05, 3.63) is 36.0 Å². The summed E-state index contributed by atoms with van der Waals surface area (Å²) in [6, 6.07) is 9.32. The van der Waals surface area contributed by atoms with Crippen LogP contribution in [0, 0.1) is 6.92 Å². The van der Waals surface area contributed by atoms with Gasteiger partial charge in [-0.1, -0.05) is 12.1 Å². The third-order valence-corrected chi connectivity index (χ3v) is 4.33. The van der Waals surface area contributed by atoms with Crippen LogP contribution in [0.3, 0.4) is 0 Å². The molecule has 0 amide bonds. The summed E-state index contributed by atoms with van der Waals surface area (Å²) in [5.74, 6) is 0. The molecule has 3 rings (SSSR count). The van der Waals surface area contributed by atoms with Crippen molar-refractivity contribution in [3.63, 3.8) is 0 Å². The van der Waals surface area contributed by atoms with Gasteiger partial charge in [0.2, 0.25) is 0 Å². The number of hydrogen-bond acceptors (Lipinski definition) is 2. The molecule has 0 aliphatic carbocycles. The van der Waals surface area contributed by atoms with Crippen LogP contribution in [0.15, 0.2) is 30.5 Å². The largest absolute Gasteiger partial charge is 0.374 e. The molecule has 1 fully saturated rings. The maximum absolute atomic E-state index is 5.95. The Morgan fingerprint density at radius 2 is 2.15 bits per heavy atom. The summed E-state index contributed by atoms with van der Waals surface area (Å²) in [7, 11) is 0. The third kappa shape index (κ3) is 2.60. The lowest BCUT2D eigenvalue weighted by atomic mass is 10.1. The van der Waals surface area contributed by atoms with Gasteiger partial charge in [0.05, 0.1) is 19.3 Å². The van der Waals surface area contributed by atoms with E-state index in [9.17, 15) is 0 Å². The Bertz CT molecular complexity index is 588. The molecule has 1 atom stereocenters. The van der Waals surface area contributed by atoms with Crippen LogP contribution in [0.2, 0.25) is 0 Å². The number of morpholine rings is 1. The summed E-state index contributed by atoms with van der Waals surface area (Å²) in [5.41, 5.74) is 2.66. The van der Waals surface area contributed by atoms with E-state index < -0.39 is 0 Å². The molecule has 3 heteroatoms. The zero-order valence-electron chi connectivity index (χ0n) is 12.7.